The highest BCUT2D eigenvalue weighted by Crippen LogP contribution is 2.57. The van der Waals surface area contributed by atoms with Crippen molar-refractivity contribution in [1.29, 1.82) is 0 Å². The summed E-state index contributed by atoms with van der Waals surface area (Å²) in [5.41, 5.74) is 29.4. The van der Waals surface area contributed by atoms with Crippen molar-refractivity contribution in [3.63, 3.8) is 0 Å². The molecule has 14 rings (SSSR count). The summed E-state index contributed by atoms with van der Waals surface area (Å²) in [6, 6.07) is 61.1. The van der Waals surface area contributed by atoms with Crippen LogP contribution in [0.5, 0.6) is 0 Å². The van der Waals surface area contributed by atoms with Crippen LogP contribution in [-0.4, -0.2) is 6.71 Å². The molecule has 0 N–H and O–H groups in total. The molecule has 88 heavy (non-hydrogen) atoms. The number of hydrogen-bond acceptors (Lipinski definition) is 4. The Hall–Kier alpha value is -6.82. The Morgan fingerprint density at radius 2 is 0.886 bits per heavy atom. The molecule has 5 heteroatoms. The standard InChI is InChI=1S/C83H94BN3S/c1-51-43-70-73-71(44-51)87(68-49-65-63(80(12,13)39-41-82(65,16)17)47-59(68)52-23-21-20-22-24-52)69-46-58(85(55-29-25-53(26-30-55)76(2,3)4)56-31-27-54(28-32-56)77(5,6)7)34-36-67(69)84(73)75-74(60-48-64-66(50-72(60)88-75)83(18,19)42-40-81(64,14)15)86(70)57-33-35-61-62(45-57)79(10,11)38-37-78(61,8)9/h20-36,43-50H,37-42H2,1-19H3. The Morgan fingerprint density at radius 1 is 0.420 bits per heavy atom. The number of hydrogen-bond donors (Lipinski definition) is 0. The first-order chi connectivity index (χ1) is 41.2. The fourth-order valence-corrected chi connectivity index (χ4v) is 17.7. The summed E-state index contributed by atoms with van der Waals surface area (Å²) in [6.45, 7) is 46.1. The number of aryl methyl sites for hydroxylation is 1. The molecule has 0 fully saturated rings. The smallest absolute Gasteiger partial charge is 0.264 e. The van der Waals surface area contributed by atoms with Crippen LogP contribution in [0.25, 0.3) is 21.2 Å². The minimum atomic E-state index is -0.0423. The first-order valence-electron chi connectivity index (χ1n) is 33.2. The summed E-state index contributed by atoms with van der Waals surface area (Å²) in [7, 11) is 0. The zero-order valence-corrected chi connectivity index (χ0v) is 57.3. The average Bonchev–Trinajstić information content (AvgIpc) is 1.24. The largest absolute Gasteiger partial charge is 0.311 e. The van der Waals surface area contributed by atoms with Crippen LogP contribution in [0.2, 0.25) is 0 Å². The number of nitrogens with zero attached hydrogens (tertiary/aromatic N) is 3. The molecule has 1 aromatic heterocycles. The van der Waals surface area contributed by atoms with E-state index in [1.807, 2.05) is 0 Å². The maximum atomic E-state index is 2.76. The van der Waals surface area contributed by atoms with Crippen LogP contribution >= 0.6 is 11.3 Å². The normalized spacial score (nSPS) is 18.8. The molecule has 0 bridgehead atoms. The molecule has 5 aliphatic rings. The topological polar surface area (TPSA) is 9.72 Å². The fourth-order valence-electron chi connectivity index (χ4n) is 16.3. The Morgan fingerprint density at radius 3 is 1.42 bits per heavy atom. The van der Waals surface area contributed by atoms with Gasteiger partial charge in [0.15, 0.2) is 0 Å². The van der Waals surface area contributed by atoms with Gasteiger partial charge in [0.05, 0.1) is 11.4 Å². The van der Waals surface area contributed by atoms with Crippen LogP contribution in [0.3, 0.4) is 0 Å². The zero-order valence-electron chi connectivity index (χ0n) is 56.5. The lowest BCUT2D eigenvalue weighted by Gasteiger charge is -2.46. The van der Waals surface area contributed by atoms with E-state index in [-0.39, 0.29) is 50.0 Å². The van der Waals surface area contributed by atoms with Crippen molar-refractivity contribution in [3.8, 4) is 11.1 Å². The van der Waals surface area contributed by atoms with Gasteiger partial charge in [0.25, 0.3) is 6.71 Å². The predicted octanol–water partition coefficient (Wildman–Crippen LogP) is 22.1. The third-order valence-electron chi connectivity index (χ3n) is 22.4. The summed E-state index contributed by atoms with van der Waals surface area (Å²) in [6.07, 6.45) is 6.98. The lowest BCUT2D eigenvalue weighted by atomic mass is 9.36. The van der Waals surface area contributed by atoms with E-state index in [2.05, 4.69) is 309 Å². The number of thiophene rings is 1. The van der Waals surface area contributed by atoms with Crippen LogP contribution in [-0.2, 0) is 43.3 Å². The van der Waals surface area contributed by atoms with Crippen LogP contribution in [0.15, 0.2) is 152 Å². The van der Waals surface area contributed by atoms with Gasteiger partial charge in [0, 0.05) is 60.2 Å². The van der Waals surface area contributed by atoms with E-state index in [9.17, 15) is 0 Å². The molecule has 3 aliphatic carbocycles. The predicted molar refractivity (Wildman–Crippen MR) is 384 cm³/mol. The van der Waals surface area contributed by atoms with Crippen molar-refractivity contribution < 1.29 is 0 Å². The van der Waals surface area contributed by atoms with E-state index in [1.165, 1.54) is 140 Å². The second-order valence-electron chi connectivity index (χ2n) is 33.5. The van der Waals surface area contributed by atoms with Crippen LogP contribution < -0.4 is 30.4 Å². The van der Waals surface area contributed by atoms with Gasteiger partial charge in [-0.25, -0.2) is 0 Å². The van der Waals surface area contributed by atoms with Gasteiger partial charge in [-0.15, -0.1) is 11.3 Å². The molecule has 8 aromatic carbocycles. The van der Waals surface area contributed by atoms with Gasteiger partial charge in [-0.2, -0.15) is 0 Å². The molecule has 0 amide bonds. The van der Waals surface area contributed by atoms with E-state index < -0.39 is 0 Å². The average molecular weight is 1180 g/mol. The third kappa shape index (κ3) is 9.30. The second kappa shape index (κ2) is 19.6. The summed E-state index contributed by atoms with van der Waals surface area (Å²) in [4.78, 5) is 8.04. The Bertz CT molecular complexity index is 4250. The van der Waals surface area contributed by atoms with Gasteiger partial charge in [0.2, 0.25) is 0 Å². The highest BCUT2D eigenvalue weighted by Gasteiger charge is 2.49. The van der Waals surface area contributed by atoms with Gasteiger partial charge >= 0.3 is 0 Å². The molecule has 450 valence electrons. The van der Waals surface area contributed by atoms with Gasteiger partial charge in [-0.1, -0.05) is 191 Å². The summed E-state index contributed by atoms with van der Waals surface area (Å²) < 4.78 is 2.82. The lowest BCUT2D eigenvalue weighted by Crippen LogP contribution is -2.60. The third-order valence-corrected chi connectivity index (χ3v) is 23.6. The van der Waals surface area contributed by atoms with Crippen molar-refractivity contribution >= 4 is 95.0 Å². The van der Waals surface area contributed by atoms with Crippen molar-refractivity contribution in [2.24, 2.45) is 0 Å². The monoisotopic (exact) mass is 1180 g/mol. The van der Waals surface area contributed by atoms with E-state index in [0.29, 0.717) is 0 Å². The highest BCUT2D eigenvalue weighted by molar-refractivity contribution is 7.33. The summed E-state index contributed by atoms with van der Waals surface area (Å²) in [5.74, 6) is 0. The van der Waals surface area contributed by atoms with Crippen LogP contribution in [0.1, 0.15) is 213 Å². The number of fused-ring (bicyclic) bond motifs is 9. The van der Waals surface area contributed by atoms with E-state index in [1.54, 1.807) is 0 Å². The highest BCUT2D eigenvalue weighted by atomic mass is 32.1. The molecule has 0 saturated heterocycles. The van der Waals surface area contributed by atoms with Crippen molar-refractivity contribution in [2.45, 2.75) is 213 Å². The lowest BCUT2D eigenvalue weighted by molar-refractivity contribution is 0.332. The van der Waals surface area contributed by atoms with Crippen LogP contribution in [0.4, 0.5) is 51.2 Å². The quantitative estimate of drug-likeness (QED) is 0.154. The van der Waals surface area contributed by atoms with Gasteiger partial charge in [-0.3, -0.25) is 0 Å². The molecule has 0 unspecified atom stereocenters. The minimum Gasteiger partial charge on any atom is -0.311 e. The van der Waals surface area contributed by atoms with Gasteiger partial charge in [0.1, 0.15) is 0 Å². The Labute approximate surface area is 532 Å². The first kappa shape index (κ1) is 58.8. The molecular formula is C83H94BN3S. The molecule has 0 atom stereocenters. The first-order valence-corrected chi connectivity index (χ1v) is 34.0. The number of anilines is 9. The SMILES string of the molecule is Cc1cc2c3c(c1)N(c1ccc4c(c1)C(C)(C)CCC4(C)C)c1c(sc4cc5c(cc14)C(C)(C)CCC5(C)C)B3c1ccc(N(c3ccc(C(C)(C)C)cc3)c3ccc(C(C)(C)C)cc3)cc1N2c1cc2c(cc1-c1ccccc1)C(C)(C)CCC2(C)C. The molecule has 0 saturated carbocycles. The van der Waals surface area contributed by atoms with E-state index >= 15 is 0 Å². The number of rotatable bonds is 6. The number of benzene rings is 8. The second-order valence-corrected chi connectivity index (χ2v) is 34.6. The molecular weight excluding hydrogens is 1080 g/mol. The molecule has 3 heterocycles. The van der Waals surface area contributed by atoms with Crippen molar-refractivity contribution in [3.05, 3.63) is 202 Å². The summed E-state index contributed by atoms with van der Waals surface area (Å²) >= 11 is 2.06. The maximum absolute atomic E-state index is 2.76. The zero-order chi connectivity index (χ0) is 62.4. The minimum absolute atomic E-state index is 0.0133. The van der Waals surface area contributed by atoms with Crippen LogP contribution in [0, 0.1) is 6.92 Å². The molecule has 0 radical (unpaired) electrons. The van der Waals surface area contributed by atoms with E-state index in [0.717, 1.165) is 36.3 Å². The maximum Gasteiger partial charge on any atom is 0.264 e. The molecule has 3 nitrogen and oxygen atoms in total. The molecule has 2 aliphatic heterocycles. The van der Waals surface area contributed by atoms with Crippen molar-refractivity contribution in [1.82, 2.24) is 0 Å². The Balaban J connectivity index is 1.11. The van der Waals surface area contributed by atoms with Crippen molar-refractivity contribution in [2.75, 3.05) is 14.7 Å². The van der Waals surface area contributed by atoms with Gasteiger partial charge < -0.3 is 14.7 Å². The van der Waals surface area contributed by atoms with E-state index in [4.69, 9.17) is 0 Å². The molecule has 0 spiro atoms. The summed E-state index contributed by atoms with van der Waals surface area (Å²) in [5, 5.41) is 1.38. The molecule has 9 aromatic rings. The van der Waals surface area contributed by atoms with Gasteiger partial charge in [-0.05, 0) is 240 Å². The Kier molecular flexibility index (Phi) is 13.1. The fraction of sp³-hybridized carbons (Fsp3) is 0.398.